The first-order valence-corrected chi connectivity index (χ1v) is 41.9. The van der Waals surface area contributed by atoms with Crippen molar-refractivity contribution in [2.75, 3.05) is 88.3 Å². The van der Waals surface area contributed by atoms with Crippen LogP contribution in [0.15, 0.2) is 244 Å². The van der Waals surface area contributed by atoms with Gasteiger partial charge in [0, 0.05) is 153 Å². The second-order valence-corrected chi connectivity index (χ2v) is 30.7. The molecule has 8 aromatic heterocycles. The second-order valence-electron chi connectivity index (χ2n) is 28.9. The van der Waals surface area contributed by atoms with Crippen LogP contribution in [-0.4, -0.2) is 137 Å². The Balaban J connectivity index is 0.000000146. The van der Waals surface area contributed by atoms with E-state index in [4.69, 9.17) is 46.4 Å². The average molecular weight is 1800 g/mol. The molecule has 0 atom stereocenters. The number of nitrogens with zero attached hydrogens (tertiary/aromatic N) is 12. The maximum Gasteiger partial charge on any atom is 0.277 e. The van der Waals surface area contributed by atoms with Crippen LogP contribution < -0.4 is 62.1 Å². The Kier molecular flexibility index (Phi) is 31.1. The van der Waals surface area contributed by atoms with Gasteiger partial charge in [-0.1, -0.05) is 46.4 Å². The summed E-state index contributed by atoms with van der Waals surface area (Å²) in [6.45, 7) is 2.73. The van der Waals surface area contributed by atoms with Gasteiger partial charge in [-0.3, -0.25) is 67.5 Å². The van der Waals surface area contributed by atoms with Crippen molar-refractivity contribution < 1.29 is 57.5 Å². The highest BCUT2D eigenvalue weighted by Crippen LogP contribution is 2.30. The summed E-state index contributed by atoms with van der Waals surface area (Å²) in [6, 6.07) is 49.4. The monoisotopic (exact) mass is 1800 g/mol. The number of benzene rings is 4. The minimum Gasteiger partial charge on any atom is -0.321 e. The van der Waals surface area contributed by atoms with Gasteiger partial charge in [0.1, 0.15) is 29.1 Å². The number of hydrogen-bond acceptors (Lipinski definition) is 20. The van der Waals surface area contributed by atoms with Crippen molar-refractivity contribution in [3.05, 3.63) is 309 Å². The second kappa shape index (κ2) is 44.0. The van der Waals surface area contributed by atoms with Crippen molar-refractivity contribution in [2.45, 2.75) is 77.0 Å². The van der Waals surface area contributed by atoms with Crippen molar-refractivity contribution in [3.8, 4) is 0 Å². The Morgan fingerprint density at radius 1 is 0.258 bits per heavy atom. The number of nitrogens with one attached hydrogen (secondary N) is 8. The van der Waals surface area contributed by atoms with Crippen molar-refractivity contribution >= 4 is 186 Å². The van der Waals surface area contributed by atoms with E-state index in [9.17, 15) is 57.5 Å². The van der Waals surface area contributed by atoms with Gasteiger partial charge in [-0.15, -0.1) is 0 Å². The first kappa shape index (κ1) is 90.6. The van der Waals surface area contributed by atoms with E-state index in [2.05, 4.69) is 82.4 Å². The summed E-state index contributed by atoms with van der Waals surface area (Å²) >= 11 is 23.3. The molecule has 128 heavy (non-hydrogen) atoms. The lowest BCUT2D eigenvalue weighted by molar-refractivity contribution is -0.120. The van der Waals surface area contributed by atoms with Crippen LogP contribution in [0.25, 0.3) is 0 Å². The molecule has 0 aliphatic carbocycles. The zero-order valence-corrected chi connectivity index (χ0v) is 71.2. The molecule has 8 N–H and O–H groups in total. The number of aromatic nitrogens is 8. The number of halogens is 4. The van der Waals surface area contributed by atoms with E-state index in [1.54, 1.807) is 196 Å². The molecule has 16 rings (SSSR count). The first-order chi connectivity index (χ1) is 62.0. The number of carbonyl (C=O) groups is 12. The van der Waals surface area contributed by atoms with E-state index >= 15 is 0 Å². The lowest BCUT2D eigenvalue weighted by atomic mass is 10.1. The molecule has 4 fully saturated rings. The fourth-order valence-electron chi connectivity index (χ4n) is 13.5. The summed E-state index contributed by atoms with van der Waals surface area (Å²) < 4.78 is 0. The minimum absolute atomic E-state index is 0.0492. The van der Waals surface area contributed by atoms with Gasteiger partial charge in [0.05, 0.1) is 60.0 Å². The molecule has 4 aromatic carbocycles. The van der Waals surface area contributed by atoms with Gasteiger partial charge in [-0.2, -0.15) is 0 Å². The Morgan fingerprint density at radius 2 is 0.586 bits per heavy atom. The fraction of sp³-hybridized carbons (Fsp3) is 0.174. The van der Waals surface area contributed by atoms with E-state index in [1.807, 2.05) is 0 Å². The maximum absolute atomic E-state index is 12.8. The van der Waals surface area contributed by atoms with Crippen molar-refractivity contribution in [2.24, 2.45) is 0 Å². The molecule has 0 saturated carbocycles. The number of pyridine rings is 8. The SMILES string of the molecule is O=C(Nc1cccnc1C(=O)Nc1ccc(Cl)cn1)c1ccc(N2CCCCC2=O)cc1.O=C(Nc1ccncc1C(=O)Nc1ccc(Cl)cn1)c1ccc(N2CCCCC2=O)cc1.O=C(Nc1cnccc1C(=O)Nc1ccc(Cl)cn1)c1ccc(N2CCCCC2=O)cc1.O=C(Nc1ncccc1C(=O)Nc1ccc(Cl)cn1)c1ccc(N2CCCCC2=O)cc1. The molecule has 4 aliphatic heterocycles. The molecule has 0 radical (unpaired) electrons. The topological polar surface area (TPSA) is 417 Å². The van der Waals surface area contributed by atoms with Crippen molar-refractivity contribution in [1.29, 1.82) is 0 Å². The van der Waals surface area contributed by atoms with Crippen LogP contribution in [0.1, 0.15) is 160 Å². The normalized spacial score (nSPS) is 13.5. The summed E-state index contributed by atoms with van der Waals surface area (Å²) in [5.41, 5.74) is 6.15. The van der Waals surface area contributed by atoms with Crippen LogP contribution in [0, 0.1) is 0 Å². The largest absolute Gasteiger partial charge is 0.321 e. The number of anilines is 12. The quantitative estimate of drug-likeness (QED) is 0.0351. The van der Waals surface area contributed by atoms with Gasteiger partial charge in [0.2, 0.25) is 23.6 Å². The molecule has 36 heteroatoms. The minimum atomic E-state index is -0.519. The average Bonchev–Trinajstić information content (AvgIpc) is 0.829. The third-order valence-electron chi connectivity index (χ3n) is 20.1. The highest BCUT2D eigenvalue weighted by Gasteiger charge is 2.27. The number of carbonyl (C=O) groups excluding carboxylic acids is 12. The number of rotatable bonds is 20. The molecule has 4 saturated heterocycles. The molecule has 4 aliphatic rings. The molecule has 12 heterocycles. The van der Waals surface area contributed by atoms with E-state index in [0.29, 0.717) is 123 Å². The van der Waals surface area contributed by atoms with Crippen LogP contribution >= 0.6 is 46.4 Å². The molecular formula is C92H80Cl4N20O12. The van der Waals surface area contributed by atoms with E-state index in [-0.39, 0.29) is 69.1 Å². The fourth-order valence-corrected chi connectivity index (χ4v) is 14.0. The first-order valence-electron chi connectivity index (χ1n) is 40.4. The van der Waals surface area contributed by atoms with Crippen LogP contribution in [0.5, 0.6) is 0 Å². The number of hydrogen-bond donors (Lipinski definition) is 8. The van der Waals surface area contributed by atoms with Crippen molar-refractivity contribution in [1.82, 2.24) is 39.9 Å². The van der Waals surface area contributed by atoms with Gasteiger partial charge >= 0.3 is 0 Å². The standard InChI is InChI=1S/4C23H20ClN5O3/c24-16-8-11-19(26-14-16)28-23(32)21-18(4-3-12-25-21)27-22(31)15-6-9-17(10-7-15)29-13-2-1-5-20(29)30;24-16-8-11-19(26-14-16)27-23(32)18-4-3-12-25-21(18)28-22(31)15-6-9-17(10-7-15)29-13-2-1-5-20(29)30;24-16-6-9-20(26-13-16)28-23(32)18-14-25-11-10-19(18)27-22(31)15-4-7-17(8-5-15)29-12-2-1-3-21(29)30;24-16-6-9-20(26-13-16)28-23(32)18-10-11-25-14-19(18)27-22(31)15-4-7-17(8-5-15)29-12-2-1-3-21(29)30/h3-4,6-12,14H,1-2,5,13H2,(H,27,31)(H,26,28,32);3-4,6-12,14H,1-2,5,13H2,(H,25,28,31)(H,26,27,32);4-11,13-14H,1-3,12H2,(H,25,27,31)(H,26,28,32);4-11,13-14H,1-3,12H2,(H,27,31)(H,26,28,32). The third kappa shape index (κ3) is 24.7. The lowest BCUT2D eigenvalue weighted by Gasteiger charge is -2.26. The Labute approximate surface area is 753 Å². The zero-order valence-electron chi connectivity index (χ0n) is 68.2. The molecule has 0 bridgehead atoms. The Morgan fingerprint density at radius 3 is 0.969 bits per heavy atom. The molecule has 32 nitrogen and oxygen atoms in total. The van der Waals surface area contributed by atoms with Crippen molar-refractivity contribution in [3.63, 3.8) is 0 Å². The predicted octanol–water partition coefficient (Wildman–Crippen LogP) is 16.6. The van der Waals surface area contributed by atoms with Crippen LogP contribution in [0.3, 0.4) is 0 Å². The van der Waals surface area contributed by atoms with Gasteiger partial charge in [0.15, 0.2) is 5.69 Å². The zero-order chi connectivity index (χ0) is 90.0. The van der Waals surface area contributed by atoms with Gasteiger partial charge in [-0.25, -0.2) is 29.9 Å². The van der Waals surface area contributed by atoms with E-state index in [1.165, 1.54) is 68.0 Å². The molecule has 648 valence electrons. The molecular weight excluding hydrogens is 1720 g/mol. The summed E-state index contributed by atoms with van der Waals surface area (Å²) in [5.74, 6) is -1.72. The van der Waals surface area contributed by atoms with E-state index in [0.717, 1.165) is 74.1 Å². The number of piperidine rings is 4. The molecule has 12 aromatic rings. The highest BCUT2D eigenvalue weighted by molar-refractivity contribution is 6.31. The van der Waals surface area contributed by atoms with Gasteiger partial charge < -0.3 is 62.1 Å². The summed E-state index contributed by atoms with van der Waals surface area (Å²) in [4.78, 5) is 189. The smallest absolute Gasteiger partial charge is 0.277 e. The Bertz CT molecular complexity index is 5330. The van der Waals surface area contributed by atoms with Crippen LogP contribution in [0.2, 0.25) is 20.1 Å². The Hall–Kier alpha value is -15.1. The highest BCUT2D eigenvalue weighted by atomic mass is 35.5. The summed E-state index contributed by atoms with van der Waals surface area (Å²) in [5, 5.41) is 23.3. The van der Waals surface area contributed by atoms with Gasteiger partial charge in [-0.05, 0) is 233 Å². The predicted molar refractivity (Wildman–Crippen MR) is 488 cm³/mol. The molecule has 0 spiro atoms. The lowest BCUT2D eigenvalue weighted by Crippen LogP contribution is -2.35. The summed E-state index contributed by atoms with van der Waals surface area (Å²) in [6.07, 6.45) is 24.0. The van der Waals surface area contributed by atoms with Crippen LogP contribution in [0.4, 0.5) is 68.9 Å². The number of amides is 12. The van der Waals surface area contributed by atoms with Gasteiger partial charge in [0.25, 0.3) is 47.3 Å². The third-order valence-corrected chi connectivity index (χ3v) is 21.0. The van der Waals surface area contributed by atoms with E-state index < -0.39 is 41.4 Å². The van der Waals surface area contributed by atoms with Crippen LogP contribution in [-0.2, 0) is 19.2 Å². The maximum atomic E-state index is 12.8. The molecule has 12 amide bonds. The summed E-state index contributed by atoms with van der Waals surface area (Å²) in [7, 11) is 0. The molecule has 0 unspecified atom stereocenters.